The van der Waals surface area contributed by atoms with Crippen LogP contribution in [0.2, 0.25) is 0 Å². The fourth-order valence-electron chi connectivity index (χ4n) is 3.28. The molecule has 1 aromatic heterocycles. The molecule has 0 N–H and O–H groups in total. The molecule has 1 fully saturated rings. The smallest absolute Gasteiger partial charge is 0.0708 e. The molecular weight excluding hydrogens is 268 g/mol. The molecule has 2 atom stereocenters. The Kier molecular flexibility index (Phi) is 3.95. The number of nitrogens with zero attached hydrogens (tertiary/aromatic N) is 2. The van der Waals surface area contributed by atoms with Crippen molar-refractivity contribution >= 4 is 22.5 Å². The molecule has 0 saturated carbocycles. The maximum Gasteiger partial charge on any atom is 0.0708 e. The summed E-state index contributed by atoms with van der Waals surface area (Å²) < 4.78 is 0. The van der Waals surface area contributed by atoms with E-state index in [2.05, 4.69) is 54.1 Å². The second-order valence-corrected chi connectivity index (χ2v) is 6.21. The fraction of sp³-hybridized carbons (Fsp3) is 0.471. The van der Waals surface area contributed by atoms with Gasteiger partial charge >= 0.3 is 0 Å². The topological polar surface area (TPSA) is 16.1 Å². The first-order chi connectivity index (χ1) is 9.69. The normalized spacial score (nSPS) is 23.6. The van der Waals surface area contributed by atoms with Crippen molar-refractivity contribution in [2.75, 3.05) is 12.4 Å². The van der Waals surface area contributed by atoms with Crippen molar-refractivity contribution in [3.63, 3.8) is 0 Å². The number of rotatable bonds is 3. The predicted molar refractivity (Wildman–Crippen MR) is 85.2 cm³/mol. The van der Waals surface area contributed by atoms with Crippen LogP contribution in [0, 0.1) is 12.8 Å². The molecule has 20 heavy (non-hydrogen) atoms. The highest BCUT2D eigenvalue weighted by molar-refractivity contribution is 6.18. The van der Waals surface area contributed by atoms with Crippen molar-refractivity contribution in [2.45, 2.75) is 32.9 Å². The van der Waals surface area contributed by atoms with Gasteiger partial charge in [-0.3, -0.25) is 9.88 Å². The quantitative estimate of drug-likeness (QED) is 0.794. The van der Waals surface area contributed by atoms with Gasteiger partial charge in [-0.05, 0) is 43.5 Å². The molecule has 0 amide bonds. The van der Waals surface area contributed by atoms with Gasteiger partial charge in [0.15, 0.2) is 0 Å². The van der Waals surface area contributed by atoms with Gasteiger partial charge in [-0.15, -0.1) is 11.6 Å². The second kappa shape index (κ2) is 5.71. The number of pyridine rings is 1. The Morgan fingerprint density at radius 3 is 2.95 bits per heavy atom. The average molecular weight is 289 g/mol. The van der Waals surface area contributed by atoms with Crippen LogP contribution in [0.15, 0.2) is 30.3 Å². The molecule has 2 unspecified atom stereocenters. The molecule has 106 valence electrons. The summed E-state index contributed by atoms with van der Waals surface area (Å²) in [5, 5.41) is 1.27. The van der Waals surface area contributed by atoms with Crippen LogP contribution in [-0.2, 0) is 6.54 Å². The van der Waals surface area contributed by atoms with E-state index in [1.165, 1.54) is 17.4 Å². The minimum Gasteiger partial charge on any atom is -0.295 e. The molecule has 0 radical (unpaired) electrons. The number of likely N-dealkylation sites (tertiary alicyclic amines) is 1. The van der Waals surface area contributed by atoms with Gasteiger partial charge in [-0.1, -0.05) is 25.1 Å². The molecule has 0 bridgehead atoms. The van der Waals surface area contributed by atoms with E-state index >= 15 is 0 Å². The Bertz CT molecular complexity index is 611. The van der Waals surface area contributed by atoms with Crippen molar-refractivity contribution in [1.29, 1.82) is 0 Å². The van der Waals surface area contributed by atoms with Crippen molar-refractivity contribution in [2.24, 2.45) is 5.92 Å². The van der Waals surface area contributed by atoms with Gasteiger partial charge in [-0.2, -0.15) is 0 Å². The van der Waals surface area contributed by atoms with Crippen LogP contribution >= 0.6 is 11.6 Å². The lowest BCUT2D eigenvalue weighted by atomic mass is 10.0. The Hall–Kier alpha value is -1.12. The zero-order valence-corrected chi connectivity index (χ0v) is 12.9. The maximum absolute atomic E-state index is 6.16. The summed E-state index contributed by atoms with van der Waals surface area (Å²) in [6.45, 7) is 6.50. The molecule has 1 aliphatic heterocycles. The lowest BCUT2D eigenvalue weighted by Gasteiger charge is -2.25. The molecule has 2 aromatic rings. The Morgan fingerprint density at radius 2 is 2.15 bits per heavy atom. The first-order valence-corrected chi connectivity index (χ1v) is 7.88. The maximum atomic E-state index is 6.16. The molecule has 0 aliphatic carbocycles. The molecular formula is C17H21ClN2. The largest absolute Gasteiger partial charge is 0.295 e. The van der Waals surface area contributed by atoms with Gasteiger partial charge in [0.1, 0.15) is 0 Å². The van der Waals surface area contributed by atoms with Gasteiger partial charge in [-0.25, -0.2) is 0 Å². The Labute approximate surface area is 125 Å². The lowest BCUT2D eigenvalue weighted by Crippen LogP contribution is -2.33. The number of para-hydroxylation sites is 1. The monoisotopic (exact) mass is 288 g/mol. The third-order valence-electron chi connectivity index (χ3n) is 4.46. The summed E-state index contributed by atoms with van der Waals surface area (Å²) in [5.74, 6) is 1.42. The zero-order chi connectivity index (χ0) is 14.1. The number of alkyl halides is 1. The van der Waals surface area contributed by atoms with Crippen LogP contribution in [0.25, 0.3) is 10.9 Å². The number of hydrogen-bond donors (Lipinski definition) is 0. The van der Waals surface area contributed by atoms with Crippen LogP contribution in [-0.4, -0.2) is 28.4 Å². The van der Waals surface area contributed by atoms with Crippen LogP contribution in [0.3, 0.4) is 0 Å². The second-order valence-electron chi connectivity index (χ2n) is 5.90. The third kappa shape index (κ3) is 2.55. The summed E-state index contributed by atoms with van der Waals surface area (Å²) in [7, 11) is 0. The van der Waals surface area contributed by atoms with Gasteiger partial charge < -0.3 is 0 Å². The minimum atomic E-state index is 0.504. The highest BCUT2D eigenvalue weighted by Crippen LogP contribution is 2.28. The number of aryl methyl sites for hydroxylation is 1. The van der Waals surface area contributed by atoms with E-state index < -0.39 is 0 Å². The van der Waals surface area contributed by atoms with Gasteiger partial charge in [0, 0.05) is 29.5 Å². The van der Waals surface area contributed by atoms with Gasteiger partial charge in [0.05, 0.1) is 5.52 Å². The van der Waals surface area contributed by atoms with Crippen molar-refractivity contribution in [3.05, 3.63) is 41.6 Å². The molecule has 2 nitrogen and oxygen atoms in total. The fourth-order valence-corrected chi connectivity index (χ4v) is 3.78. The molecule has 1 aromatic carbocycles. The van der Waals surface area contributed by atoms with Gasteiger partial charge in [0.2, 0.25) is 0 Å². The standard InChI is InChI=1S/C17H21ClN2/c1-12-7-8-20(17(12)10-18)11-14-9-13(2)19-16-6-4-3-5-15(14)16/h3-6,9,12,17H,7-8,10-11H2,1-2H3. The molecule has 0 spiro atoms. The predicted octanol–water partition coefficient (Wildman–Crippen LogP) is 3.99. The first kappa shape index (κ1) is 13.8. The summed E-state index contributed by atoms with van der Waals surface area (Å²) in [6.07, 6.45) is 1.25. The lowest BCUT2D eigenvalue weighted by molar-refractivity contribution is 0.243. The molecule has 3 rings (SSSR count). The third-order valence-corrected chi connectivity index (χ3v) is 4.78. The van der Waals surface area contributed by atoms with Gasteiger partial charge in [0.25, 0.3) is 0 Å². The van der Waals surface area contributed by atoms with E-state index in [9.17, 15) is 0 Å². The van der Waals surface area contributed by atoms with E-state index in [1.54, 1.807) is 0 Å². The van der Waals surface area contributed by atoms with E-state index in [-0.39, 0.29) is 0 Å². The summed E-state index contributed by atoms with van der Waals surface area (Å²) in [6, 6.07) is 11.1. The number of aromatic nitrogens is 1. The number of benzene rings is 1. The van der Waals surface area contributed by atoms with Crippen molar-refractivity contribution < 1.29 is 0 Å². The first-order valence-electron chi connectivity index (χ1n) is 7.34. The molecule has 1 aliphatic rings. The summed E-state index contributed by atoms with van der Waals surface area (Å²) in [5.41, 5.74) is 3.56. The van der Waals surface area contributed by atoms with Crippen LogP contribution in [0.5, 0.6) is 0 Å². The summed E-state index contributed by atoms with van der Waals surface area (Å²) >= 11 is 6.16. The summed E-state index contributed by atoms with van der Waals surface area (Å²) in [4.78, 5) is 7.15. The van der Waals surface area contributed by atoms with Crippen LogP contribution < -0.4 is 0 Å². The Balaban J connectivity index is 1.94. The molecule has 1 saturated heterocycles. The van der Waals surface area contributed by atoms with Crippen LogP contribution in [0.1, 0.15) is 24.6 Å². The highest BCUT2D eigenvalue weighted by Gasteiger charge is 2.30. The van der Waals surface area contributed by atoms with Crippen molar-refractivity contribution in [3.8, 4) is 0 Å². The highest BCUT2D eigenvalue weighted by atomic mass is 35.5. The average Bonchev–Trinajstić information content (AvgIpc) is 2.79. The van der Waals surface area contributed by atoms with E-state index in [1.807, 2.05) is 0 Å². The van der Waals surface area contributed by atoms with E-state index in [0.717, 1.165) is 30.2 Å². The zero-order valence-electron chi connectivity index (χ0n) is 12.1. The van der Waals surface area contributed by atoms with E-state index in [4.69, 9.17) is 11.6 Å². The minimum absolute atomic E-state index is 0.504. The number of fused-ring (bicyclic) bond motifs is 1. The van der Waals surface area contributed by atoms with Crippen molar-refractivity contribution in [1.82, 2.24) is 9.88 Å². The molecule has 2 heterocycles. The van der Waals surface area contributed by atoms with E-state index in [0.29, 0.717) is 12.0 Å². The van der Waals surface area contributed by atoms with Crippen LogP contribution in [0.4, 0.5) is 0 Å². The Morgan fingerprint density at radius 1 is 1.35 bits per heavy atom. The molecule has 3 heteroatoms. The number of halogens is 1. The number of hydrogen-bond acceptors (Lipinski definition) is 2. The SMILES string of the molecule is Cc1cc(CN2CCC(C)C2CCl)c2ccccc2n1.